The molecule has 2 aromatic rings. The molecule has 0 bridgehead atoms. The highest BCUT2D eigenvalue weighted by atomic mass is 16.3. The molecule has 1 aliphatic heterocycles. The highest BCUT2D eigenvalue weighted by molar-refractivity contribution is 5.54. The Bertz CT molecular complexity index is 827. The fraction of sp³-hybridized carbons (Fsp3) is 0.455. The SMILES string of the molecule is CCCN1Cc2cc(C)c(C)cc2[C@@H]2c3cc(O)c(O)cc3CC[C@H]21. The highest BCUT2D eigenvalue weighted by Gasteiger charge is 2.39. The zero-order valence-corrected chi connectivity index (χ0v) is 15.3. The summed E-state index contributed by atoms with van der Waals surface area (Å²) in [5.74, 6) is 0.279. The zero-order valence-electron chi connectivity index (χ0n) is 15.3. The van der Waals surface area contributed by atoms with Crippen LogP contribution in [0.15, 0.2) is 24.3 Å². The van der Waals surface area contributed by atoms with Gasteiger partial charge in [-0.1, -0.05) is 19.1 Å². The second-order valence-corrected chi connectivity index (χ2v) is 7.73. The Balaban J connectivity index is 1.91. The molecule has 2 N–H and O–H groups in total. The maximum absolute atomic E-state index is 10.1. The number of phenolic OH excluding ortho intramolecular Hbond substituents is 2. The molecule has 132 valence electrons. The summed E-state index contributed by atoms with van der Waals surface area (Å²) in [4.78, 5) is 2.62. The normalized spacial score (nSPS) is 22.2. The lowest BCUT2D eigenvalue weighted by molar-refractivity contribution is 0.141. The fourth-order valence-corrected chi connectivity index (χ4v) is 4.78. The van der Waals surface area contributed by atoms with Gasteiger partial charge in [-0.15, -0.1) is 0 Å². The third kappa shape index (κ3) is 2.62. The van der Waals surface area contributed by atoms with Gasteiger partial charge in [0, 0.05) is 18.5 Å². The molecule has 2 aromatic carbocycles. The van der Waals surface area contributed by atoms with Crippen molar-refractivity contribution in [3.05, 3.63) is 57.6 Å². The van der Waals surface area contributed by atoms with Gasteiger partial charge in [0.25, 0.3) is 0 Å². The summed E-state index contributed by atoms with van der Waals surface area (Å²) in [5, 5.41) is 20.0. The van der Waals surface area contributed by atoms with E-state index in [1.54, 1.807) is 12.1 Å². The van der Waals surface area contributed by atoms with Gasteiger partial charge >= 0.3 is 0 Å². The van der Waals surface area contributed by atoms with Crippen LogP contribution in [0.25, 0.3) is 0 Å². The van der Waals surface area contributed by atoms with Crippen molar-refractivity contribution < 1.29 is 10.2 Å². The molecule has 0 radical (unpaired) electrons. The molecule has 0 saturated carbocycles. The minimum atomic E-state index is -0.00241. The van der Waals surface area contributed by atoms with E-state index in [1.807, 2.05) is 0 Å². The Labute approximate surface area is 149 Å². The minimum Gasteiger partial charge on any atom is -0.504 e. The van der Waals surface area contributed by atoms with Crippen LogP contribution >= 0.6 is 0 Å². The van der Waals surface area contributed by atoms with Gasteiger partial charge < -0.3 is 10.2 Å². The molecule has 4 rings (SSSR count). The maximum atomic E-state index is 10.1. The minimum absolute atomic E-state index is 0.00117. The molecule has 0 unspecified atom stereocenters. The fourth-order valence-electron chi connectivity index (χ4n) is 4.78. The van der Waals surface area contributed by atoms with Crippen LogP contribution in [0, 0.1) is 13.8 Å². The van der Waals surface area contributed by atoms with E-state index in [2.05, 4.69) is 37.8 Å². The predicted octanol–water partition coefficient (Wildman–Crippen LogP) is 4.39. The van der Waals surface area contributed by atoms with E-state index in [1.165, 1.54) is 33.4 Å². The topological polar surface area (TPSA) is 43.7 Å². The average molecular weight is 337 g/mol. The molecule has 0 amide bonds. The van der Waals surface area contributed by atoms with Crippen molar-refractivity contribution in [1.29, 1.82) is 0 Å². The van der Waals surface area contributed by atoms with Gasteiger partial charge in [-0.3, -0.25) is 4.90 Å². The summed E-state index contributed by atoms with van der Waals surface area (Å²) >= 11 is 0. The number of aryl methyl sites for hydroxylation is 3. The molecule has 3 nitrogen and oxygen atoms in total. The molecule has 1 heterocycles. The van der Waals surface area contributed by atoms with Crippen molar-refractivity contribution in [3.8, 4) is 11.5 Å². The summed E-state index contributed by atoms with van der Waals surface area (Å²) in [6.07, 6.45) is 3.22. The first-order valence-electron chi connectivity index (χ1n) is 9.38. The van der Waals surface area contributed by atoms with E-state index in [0.29, 0.717) is 6.04 Å². The van der Waals surface area contributed by atoms with Gasteiger partial charge in [-0.2, -0.15) is 0 Å². The van der Waals surface area contributed by atoms with Gasteiger partial charge in [0.05, 0.1) is 0 Å². The number of rotatable bonds is 2. The quantitative estimate of drug-likeness (QED) is 0.799. The molecular weight excluding hydrogens is 310 g/mol. The Morgan fingerprint density at radius 1 is 0.960 bits per heavy atom. The molecule has 3 heteroatoms. The first kappa shape index (κ1) is 16.5. The maximum Gasteiger partial charge on any atom is 0.157 e. The van der Waals surface area contributed by atoms with Gasteiger partial charge in [0.2, 0.25) is 0 Å². The molecule has 0 saturated heterocycles. The summed E-state index contributed by atoms with van der Waals surface area (Å²) in [6.45, 7) is 8.73. The van der Waals surface area contributed by atoms with Crippen LogP contribution in [0.2, 0.25) is 0 Å². The number of nitrogens with zero attached hydrogens (tertiary/aromatic N) is 1. The molecule has 2 atom stereocenters. The van der Waals surface area contributed by atoms with Crippen LogP contribution < -0.4 is 0 Å². The Morgan fingerprint density at radius 3 is 2.40 bits per heavy atom. The number of aromatic hydroxyl groups is 2. The van der Waals surface area contributed by atoms with Crippen molar-refractivity contribution >= 4 is 0 Å². The number of phenols is 2. The van der Waals surface area contributed by atoms with Crippen LogP contribution in [-0.4, -0.2) is 27.7 Å². The molecule has 0 aromatic heterocycles. The molecule has 1 aliphatic carbocycles. The molecular formula is C22H27NO2. The summed E-state index contributed by atoms with van der Waals surface area (Å²) in [7, 11) is 0. The second-order valence-electron chi connectivity index (χ2n) is 7.73. The summed E-state index contributed by atoms with van der Waals surface area (Å²) < 4.78 is 0. The van der Waals surface area contributed by atoms with Crippen LogP contribution in [0.4, 0.5) is 0 Å². The smallest absolute Gasteiger partial charge is 0.157 e. The van der Waals surface area contributed by atoms with E-state index >= 15 is 0 Å². The average Bonchev–Trinajstić information content (AvgIpc) is 2.57. The number of hydrogen-bond acceptors (Lipinski definition) is 3. The third-order valence-corrected chi connectivity index (χ3v) is 6.11. The summed E-state index contributed by atoms with van der Waals surface area (Å²) in [6, 6.07) is 8.74. The van der Waals surface area contributed by atoms with Crippen molar-refractivity contribution in [2.75, 3.05) is 6.54 Å². The van der Waals surface area contributed by atoms with Crippen LogP contribution in [-0.2, 0) is 13.0 Å². The molecule has 0 spiro atoms. The monoisotopic (exact) mass is 337 g/mol. The molecule has 2 aliphatic rings. The Morgan fingerprint density at radius 2 is 1.64 bits per heavy atom. The highest BCUT2D eigenvalue weighted by Crippen LogP contribution is 2.47. The lowest BCUT2D eigenvalue weighted by atomic mass is 9.71. The van der Waals surface area contributed by atoms with Crippen molar-refractivity contribution in [3.63, 3.8) is 0 Å². The zero-order chi connectivity index (χ0) is 17.7. The van der Waals surface area contributed by atoms with Crippen LogP contribution in [0.1, 0.15) is 59.1 Å². The standard InChI is InChI=1S/C22H27NO2/c1-4-7-23-12-16-8-13(2)14(3)9-17(16)22-18-11-21(25)20(24)10-15(18)5-6-19(22)23/h8-11,19,22,24-25H,4-7,12H2,1-3H3/t19-,22-/m1/s1. The van der Waals surface area contributed by atoms with Gasteiger partial charge in [0.15, 0.2) is 11.5 Å². The van der Waals surface area contributed by atoms with E-state index in [4.69, 9.17) is 0 Å². The number of fused-ring (bicyclic) bond motifs is 5. The van der Waals surface area contributed by atoms with E-state index < -0.39 is 0 Å². The lowest BCUT2D eigenvalue weighted by Gasteiger charge is -2.46. The largest absolute Gasteiger partial charge is 0.504 e. The van der Waals surface area contributed by atoms with Gasteiger partial charge in [0.1, 0.15) is 0 Å². The van der Waals surface area contributed by atoms with Crippen LogP contribution in [0.3, 0.4) is 0 Å². The van der Waals surface area contributed by atoms with Gasteiger partial charge in [-0.05, 0) is 85.2 Å². The number of hydrogen-bond donors (Lipinski definition) is 2. The van der Waals surface area contributed by atoms with E-state index in [0.717, 1.165) is 32.4 Å². The summed E-state index contributed by atoms with van der Waals surface area (Å²) in [5.41, 5.74) is 7.87. The van der Waals surface area contributed by atoms with Crippen molar-refractivity contribution in [2.45, 2.75) is 58.5 Å². The Hall–Kier alpha value is -2.00. The van der Waals surface area contributed by atoms with Crippen molar-refractivity contribution in [1.82, 2.24) is 4.90 Å². The lowest BCUT2D eigenvalue weighted by Crippen LogP contribution is -2.46. The molecule has 0 fully saturated rings. The first-order chi connectivity index (χ1) is 12.0. The predicted molar refractivity (Wildman–Crippen MR) is 100 cm³/mol. The third-order valence-electron chi connectivity index (χ3n) is 6.11. The first-order valence-corrected chi connectivity index (χ1v) is 9.38. The number of benzene rings is 2. The van der Waals surface area contributed by atoms with Crippen LogP contribution in [0.5, 0.6) is 11.5 Å². The van der Waals surface area contributed by atoms with Gasteiger partial charge in [-0.25, -0.2) is 0 Å². The van der Waals surface area contributed by atoms with Crippen molar-refractivity contribution in [2.24, 2.45) is 0 Å². The van der Waals surface area contributed by atoms with E-state index in [-0.39, 0.29) is 17.4 Å². The van der Waals surface area contributed by atoms with E-state index in [9.17, 15) is 10.2 Å². The second kappa shape index (κ2) is 6.06. The molecule has 25 heavy (non-hydrogen) atoms. The Kier molecular flexibility index (Phi) is 3.99.